The molecule has 0 bridgehead atoms. The Morgan fingerprint density at radius 2 is 2.00 bits per heavy atom. The lowest BCUT2D eigenvalue weighted by Crippen LogP contribution is -2.35. The van der Waals surface area contributed by atoms with Crippen LogP contribution in [0.5, 0.6) is 0 Å². The van der Waals surface area contributed by atoms with Crippen molar-refractivity contribution >= 4 is 5.78 Å². The lowest BCUT2D eigenvalue weighted by atomic mass is 9.86. The molecule has 18 heavy (non-hydrogen) atoms. The minimum Gasteiger partial charge on any atom is -0.327 e. The number of hydrogen-bond donors (Lipinski definition) is 1. The molecule has 1 aliphatic rings. The largest absolute Gasteiger partial charge is 0.327 e. The predicted octanol–water partition coefficient (Wildman–Crippen LogP) is 3.22. The van der Waals surface area contributed by atoms with Gasteiger partial charge in [-0.2, -0.15) is 0 Å². The Balaban J connectivity index is 2.23. The molecule has 0 aliphatic heterocycles. The molecule has 1 aliphatic carbocycles. The van der Waals surface area contributed by atoms with Crippen molar-refractivity contribution in [3.63, 3.8) is 0 Å². The first-order valence-electron chi connectivity index (χ1n) is 6.65. The van der Waals surface area contributed by atoms with Gasteiger partial charge < -0.3 is 5.73 Å². The van der Waals surface area contributed by atoms with Gasteiger partial charge in [0.15, 0.2) is 5.78 Å². The van der Waals surface area contributed by atoms with Crippen LogP contribution in [0.3, 0.4) is 0 Å². The van der Waals surface area contributed by atoms with E-state index in [1.54, 1.807) is 13.0 Å². The molecule has 0 radical (unpaired) electrons. The number of hydrogen-bond acceptors (Lipinski definition) is 2. The quantitative estimate of drug-likeness (QED) is 0.646. The zero-order valence-corrected chi connectivity index (χ0v) is 10.8. The number of rotatable bonds is 2. The summed E-state index contributed by atoms with van der Waals surface area (Å²) in [6.45, 7) is 1.78. The van der Waals surface area contributed by atoms with Crippen molar-refractivity contribution in [2.24, 2.45) is 11.7 Å². The van der Waals surface area contributed by atoms with Crippen LogP contribution >= 0.6 is 0 Å². The highest BCUT2D eigenvalue weighted by atomic mass is 19.1. The van der Waals surface area contributed by atoms with Crippen LogP contribution in [0.25, 0.3) is 0 Å². The van der Waals surface area contributed by atoms with Crippen LogP contribution in [0.15, 0.2) is 18.2 Å². The van der Waals surface area contributed by atoms with Crippen molar-refractivity contribution in [2.45, 2.75) is 45.1 Å². The molecule has 0 amide bonds. The van der Waals surface area contributed by atoms with E-state index in [0.29, 0.717) is 11.1 Å². The van der Waals surface area contributed by atoms with Crippen LogP contribution < -0.4 is 5.73 Å². The fourth-order valence-corrected chi connectivity index (χ4v) is 2.77. The van der Waals surface area contributed by atoms with Gasteiger partial charge in [-0.1, -0.05) is 19.3 Å². The minimum absolute atomic E-state index is 0.0514. The van der Waals surface area contributed by atoms with Gasteiger partial charge in [0.05, 0.1) is 0 Å². The summed E-state index contributed by atoms with van der Waals surface area (Å²) in [7, 11) is 0. The average molecular weight is 249 g/mol. The van der Waals surface area contributed by atoms with E-state index in [-0.39, 0.29) is 23.6 Å². The molecule has 3 heteroatoms. The molecule has 1 aromatic carbocycles. The van der Waals surface area contributed by atoms with E-state index in [4.69, 9.17) is 5.73 Å². The fourth-order valence-electron chi connectivity index (χ4n) is 2.77. The summed E-state index contributed by atoms with van der Waals surface area (Å²) in [6, 6.07) is 4.30. The second-order valence-electron chi connectivity index (χ2n) is 5.23. The van der Waals surface area contributed by atoms with Gasteiger partial charge in [0.25, 0.3) is 0 Å². The highest BCUT2D eigenvalue weighted by Crippen LogP contribution is 2.26. The first kappa shape index (κ1) is 13.2. The van der Waals surface area contributed by atoms with Crippen LogP contribution in [-0.4, -0.2) is 11.8 Å². The second-order valence-corrected chi connectivity index (χ2v) is 5.23. The van der Waals surface area contributed by atoms with E-state index in [0.717, 1.165) is 32.1 Å². The Labute approximate surface area is 107 Å². The van der Waals surface area contributed by atoms with Crippen LogP contribution in [0.4, 0.5) is 4.39 Å². The topological polar surface area (TPSA) is 43.1 Å². The minimum atomic E-state index is -0.297. The normalized spacial score (nSPS) is 24.6. The molecular formula is C15H20FNO. The predicted molar refractivity (Wildman–Crippen MR) is 70.0 cm³/mol. The van der Waals surface area contributed by atoms with E-state index >= 15 is 0 Å². The summed E-state index contributed by atoms with van der Waals surface area (Å²) in [5, 5.41) is 0. The van der Waals surface area contributed by atoms with Crippen molar-refractivity contribution in [1.82, 2.24) is 0 Å². The highest BCUT2D eigenvalue weighted by Gasteiger charge is 2.28. The lowest BCUT2D eigenvalue weighted by Gasteiger charge is -2.20. The molecule has 2 nitrogen and oxygen atoms in total. The summed E-state index contributed by atoms with van der Waals surface area (Å²) in [5.74, 6) is -0.312. The van der Waals surface area contributed by atoms with Gasteiger partial charge >= 0.3 is 0 Å². The molecule has 1 saturated carbocycles. The monoisotopic (exact) mass is 249 g/mol. The molecule has 0 heterocycles. The number of halogens is 1. The average Bonchev–Trinajstić information content (AvgIpc) is 2.53. The van der Waals surface area contributed by atoms with Gasteiger partial charge in [-0.15, -0.1) is 0 Å². The standard InChI is InChI=1S/C15H20FNO/c1-10-9-11(16)7-8-12(10)15(18)13-5-3-2-4-6-14(13)17/h7-9,13-14H,2-6,17H2,1H3. The molecular weight excluding hydrogens is 229 g/mol. The van der Waals surface area contributed by atoms with Gasteiger partial charge in [-0.05, 0) is 43.5 Å². The Hall–Kier alpha value is -1.22. The van der Waals surface area contributed by atoms with E-state index in [2.05, 4.69) is 0 Å². The maximum Gasteiger partial charge on any atom is 0.167 e. The van der Waals surface area contributed by atoms with E-state index in [1.165, 1.54) is 12.1 Å². The van der Waals surface area contributed by atoms with Crippen molar-refractivity contribution in [1.29, 1.82) is 0 Å². The van der Waals surface area contributed by atoms with Gasteiger partial charge in [-0.25, -0.2) is 4.39 Å². The molecule has 2 unspecified atom stereocenters. The zero-order valence-electron chi connectivity index (χ0n) is 10.8. The summed E-state index contributed by atoms with van der Waals surface area (Å²) < 4.78 is 13.1. The molecule has 1 fully saturated rings. The van der Waals surface area contributed by atoms with Crippen molar-refractivity contribution in [2.75, 3.05) is 0 Å². The number of aryl methyl sites for hydroxylation is 1. The van der Waals surface area contributed by atoms with Crippen molar-refractivity contribution in [3.05, 3.63) is 35.1 Å². The molecule has 0 spiro atoms. The molecule has 0 saturated heterocycles. The Kier molecular flexibility index (Phi) is 4.12. The van der Waals surface area contributed by atoms with Gasteiger partial charge in [0, 0.05) is 17.5 Å². The molecule has 2 N–H and O–H groups in total. The number of carbonyl (C=O) groups excluding carboxylic acids is 1. The van der Waals surface area contributed by atoms with E-state index in [9.17, 15) is 9.18 Å². The van der Waals surface area contributed by atoms with Gasteiger partial charge in [0.1, 0.15) is 5.82 Å². The Morgan fingerprint density at radius 3 is 2.72 bits per heavy atom. The van der Waals surface area contributed by atoms with Gasteiger partial charge in [0.2, 0.25) is 0 Å². The third-order valence-electron chi connectivity index (χ3n) is 3.86. The number of ketones is 1. The third-order valence-corrected chi connectivity index (χ3v) is 3.86. The number of carbonyl (C=O) groups is 1. The molecule has 2 rings (SSSR count). The summed E-state index contributed by atoms with van der Waals surface area (Å²) in [4.78, 5) is 12.5. The Bertz CT molecular complexity index is 444. The van der Waals surface area contributed by atoms with E-state index < -0.39 is 0 Å². The second kappa shape index (κ2) is 5.61. The van der Waals surface area contributed by atoms with Crippen LogP contribution in [0.1, 0.15) is 48.0 Å². The zero-order chi connectivity index (χ0) is 13.1. The van der Waals surface area contributed by atoms with Crippen LogP contribution in [-0.2, 0) is 0 Å². The lowest BCUT2D eigenvalue weighted by molar-refractivity contribution is 0.0894. The maximum absolute atomic E-state index is 13.1. The Morgan fingerprint density at radius 1 is 1.28 bits per heavy atom. The first-order chi connectivity index (χ1) is 8.59. The number of Topliss-reactive ketones (excluding diaryl/α,β-unsaturated/α-hetero) is 1. The molecule has 0 aromatic heterocycles. The van der Waals surface area contributed by atoms with Crippen molar-refractivity contribution in [3.8, 4) is 0 Å². The molecule has 2 atom stereocenters. The maximum atomic E-state index is 13.1. The van der Waals surface area contributed by atoms with Gasteiger partial charge in [-0.3, -0.25) is 4.79 Å². The fraction of sp³-hybridized carbons (Fsp3) is 0.533. The summed E-state index contributed by atoms with van der Waals surface area (Å²) in [6.07, 6.45) is 5.09. The SMILES string of the molecule is Cc1cc(F)ccc1C(=O)C1CCCCCC1N. The number of benzene rings is 1. The number of nitrogens with two attached hydrogens (primary N) is 1. The third kappa shape index (κ3) is 2.78. The van der Waals surface area contributed by atoms with E-state index in [1.807, 2.05) is 0 Å². The smallest absolute Gasteiger partial charge is 0.167 e. The summed E-state index contributed by atoms with van der Waals surface area (Å²) in [5.41, 5.74) is 7.43. The van der Waals surface area contributed by atoms with Crippen LogP contribution in [0, 0.1) is 18.7 Å². The highest BCUT2D eigenvalue weighted by molar-refractivity contribution is 5.99. The summed E-state index contributed by atoms with van der Waals surface area (Å²) >= 11 is 0. The molecule has 98 valence electrons. The van der Waals surface area contributed by atoms with Crippen molar-refractivity contribution < 1.29 is 9.18 Å². The first-order valence-corrected chi connectivity index (χ1v) is 6.65. The molecule has 1 aromatic rings. The van der Waals surface area contributed by atoms with Crippen LogP contribution in [0.2, 0.25) is 0 Å².